The first-order chi connectivity index (χ1) is 10.5. The minimum absolute atomic E-state index is 0.565. The molecule has 2 aromatic carbocycles. The van der Waals surface area contributed by atoms with E-state index in [4.69, 9.17) is 0 Å². The van der Waals surface area contributed by atoms with Gasteiger partial charge in [0.25, 0.3) is 0 Å². The van der Waals surface area contributed by atoms with Crippen LogP contribution in [-0.2, 0) is 23.0 Å². The van der Waals surface area contributed by atoms with Crippen molar-refractivity contribution in [3.8, 4) is 0 Å². The maximum atomic E-state index is 11.2. The highest BCUT2D eigenvalue weighted by molar-refractivity contribution is 7.92. The van der Waals surface area contributed by atoms with Gasteiger partial charge >= 0.3 is 0 Å². The first kappa shape index (κ1) is 14.7. The van der Waals surface area contributed by atoms with Crippen molar-refractivity contribution in [3.63, 3.8) is 0 Å². The Hall–Kier alpha value is -2.21. The molecule has 0 bridgehead atoms. The van der Waals surface area contributed by atoms with Gasteiger partial charge in [0.1, 0.15) is 0 Å². The molecule has 0 atom stereocenters. The highest BCUT2D eigenvalue weighted by Crippen LogP contribution is 2.27. The Balaban J connectivity index is 1.66. The van der Waals surface area contributed by atoms with Crippen molar-refractivity contribution in [1.82, 2.24) is 0 Å². The molecule has 0 amide bonds. The number of sulfonamides is 1. The van der Waals surface area contributed by atoms with Crippen molar-refractivity contribution in [2.75, 3.05) is 28.2 Å². The van der Waals surface area contributed by atoms with Crippen LogP contribution in [0.15, 0.2) is 42.5 Å². The van der Waals surface area contributed by atoms with E-state index in [1.54, 1.807) is 12.1 Å². The number of hydrogen-bond acceptors (Lipinski definition) is 4. The molecule has 6 heteroatoms. The molecule has 5 nitrogen and oxygen atoms in total. The van der Waals surface area contributed by atoms with Crippen molar-refractivity contribution >= 4 is 27.1 Å². The molecule has 0 radical (unpaired) electrons. The summed E-state index contributed by atoms with van der Waals surface area (Å²) in [6.45, 7) is 1.73. The molecule has 0 unspecified atom stereocenters. The van der Waals surface area contributed by atoms with Crippen molar-refractivity contribution in [3.05, 3.63) is 53.6 Å². The van der Waals surface area contributed by atoms with Crippen molar-refractivity contribution in [2.24, 2.45) is 0 Å². The van der Waals surface area contributed by atoms with Crippen molar-refractivity contribution in [1.29, 1.82) is 0 Å². The molecule has 3 N–H and O–H groups in total. The summed E-state index contributed by atoms with van der Waals surface area (Å²) < 4.78 is 24.8. The van der Waals surface area contributed by atoms with Gasteiger partial charge in [0.15, 0.2) is 0 Å². The van der Waals surface area contributed by atoms with E-state index in [0.717, 1.165) is 31.5 Å². The minimum Gasteiger partial charge on any atom is -0.384 e. The standard InChI is InChI=1S/C16H19N3O2S/c1-22(20,21)19-15-7-5-14(6-8-15)18-11-13-4-2-3-12-9-10-17-16(12)13/h2-8,17-19H,9-11H2,1H3. The lowest BCUT2D eigenvalue weighted by molar-refractivity contribution is 0.607. The van der Waals surface area contributed by atoms with Crippen LogP contribution in [0.2, 0.25) is 0 Å². The lowest BCUT2D eigenvalue weighted by Crippen LogP contribution is -2.09. The number of rotatable bonds is 5. The number of nitrogens with one attached hydrogen (secondary N) is 3. The van der Waals surface area contributed by atoms with E-state index in [9.17, 15) is 8.42 Å². The van der Waals surface area contributed by atoms with Gasteiger partial charge in [-0.3, -0.25) is 4.72 Å². The van der Waals surface area contributed by atoms with Crippen LogP contribution in [0.1, 0.15) is 11.1 Å². The van der Waals surface area contributed by atoms with Crippen molar-refractivity contribution in [2.45, 2.75) is 13.0 Å². The largest absolute Gasteiger partial charge is 0.384 e. The second-order valence-corrected chi connectivity index (χ2v) is 7.18. The smallest absolute Gasteiger partial charge is 0.229 e. The highest BCUT2D eigenvalue weighted by atomic mass is 32.2. The van der Waals surface area contributed by atoms with Gasteiger partial charge in [-0.25, -0.2) is 8.42 Å². The first-order valence-electron chi connectivity index (χ1n) is 7.18. The van der Waals surface area contributed by atoms with Gasteiger partial charge in [-0.2, -0.15) is 0 Å². The topological polar surface area (TPSA) is 70.2 Å². The number of anilines is 3. The third kappa shape index (κ3) is 3.51. The highest BCUT2D eigenvalue weighted by Gasteiger charge is 2.13. The maximum Gasteiger partial charge on any atom is 0.229 e. The van der Waals surface area contributed by atoms with Crippen LogP contribution in [0.25, 0.3) is 0 Å². The molecule has 116 valence electrons. The molecule has 3 rings (SSSR count). The summed E-state index contributed by atoms with van der Waals surface area (Å²) in [5, 5.41) is 6.79. The predicted octanol–water partition coefficient (Wildman–Crippen LogP) is 2.64. The average Bonchev–Trinajstić information content (AvgIpc) is 2.94. The molecule has 0 aromatic heterocycles. The monoisotopic (exact) mass is 317 g/mol. The van der Waals surface area contributed by atoms with Crippen LogP contribution in [0.3, 0.4) is 0 Å². The molecule has 0 fully saturated rings. The lowest BCUT2D eigenvalue weighted by atomic mass is 10.1. The number of benzene rings is 2. The lowest BCUT2D eigenvalue weighted by Gasteiger charge is -2.12. The molecule has 0 saturated heterocycles. The predicted molar refractivity (Wildman–Crippen MR) is 90.9 cm³/mol. The summed E-state index contributed by atoms with van der Waals surface area (Å²) in [6, 6.07) is 13.6. The Bertz CT molecular complexity index is 770. The summed E-state index contributed by atoms with van der Waals surface area (Å²) in [4.78, 5) is 0. The zero-order valence-corrected chi connectivity index (χ0v) is 13.2. The van der Waals surface area contributed by atoms with Gasteiger partial charge in [0.2, 0.25) is 10.0 Å². The van der Waals surface area contributed by atoms with Gasteiger partial charge in [-0.05, 0) is 41.8 Å². The first-order valence-corrected chi connectivity index (χ1v) is 9.07. The van der Waals surface area contributed by atoms with Gasteiger partial charge in [-0.15, -0.1) is 0 Å². The van der Waals surface area contributed by atoms with E-state index in [-0.39, 0.29) is 0 Å². The summed E-state index contributed by atoms with van der Waals surface area (Å²) in [5.74, 6) is 0. The van der Waals surface area contributed by atoms with Gasteiger partial charge in [-0.1, -0.05) is 18.2 Å². The molecule has 1 heterocycles. The van der Waals surface area contributed by atoms with Crippen LogP contribution in [-0.4, -0.2) is 21.2 Å². The summed E-state index contributed by atoms with van der Waals surface area (Å²) in [7, 11) is -3.23. The second-order valence-electron chi connectivity index (χ2n) is 5.43. The zero-order chi connectivity index (χ0) is 15.6. The Morgan fingerprint density at radius 1 is 1.09 bits per heavy atom. The van der Waals surface area contributed by atoms with Gasteiger partial charge in [0.05, 0.1) is 6.26 Å². The third-order valence-electron chi connectivity index (χ3n) is 3.60. The van der Waals surface area contributed by atoms with Gasteiger partial charge < -0.3 is 10.6 Å². The minimum atomic E-state index is -3.23. The van der Waals surface area contributed by atoms with Crippen molar-refractivity contribution < 1.29 is 8.42 Å². The third-order valence-corrected chi connectivity index (χ3v) is 4.21. The molecular weight excluding hydrogens is 298 g/mol. The number of hydrogen-bond donors (Lipinski definition) is 3. The Morgan fingerprint density at radius 2 is 1.82 bits per heavy atom. The Labute approximate surface area is 130 Å². The summed E-state index contributed by atoms with van der Waals surface area (Å²) >= 11 is 0. The fourth-order valence-corrected chi connectivity index (χ4v) is 3.19. The van der Waals surface area contributed by atoms with Crippen LogP contribution in [0, 0.1) is 0 Å². The van der Waals surface area contributed by atoms with Crippen LogP contribution >= 0.6 is 0 Å². The quantitative estimate of drug-likeness (QED) is 0.793. The van der Waals surface area contributed by atoms with Crippen LogP contribution in [0.4, 0.5) is 17.1 Å². The van der Waals surface area contributed by atoms with E-state index >= 15 is 0 Å². The SMILES string of the molecule is CS(=O)(=O)Nc1ccc(NCc2cccc3c2NCC3)cc1. The molecule has 1 aliphatic rings. The summed E-state index contributed by atoms with van der Waals surface area (Å²) in [5.41, 5.74) is 5.37. The average molecular weight is 317 g/mol. The van der Waals surface area contributed by atoms with E-state index in [1.807, 2.05) is 12.1 Å². The second kappa shape index (κ2) is 5.88. The normalized spacial score (nSPS) is 13.3. The van der Waals surface area contributed by atoms with E-state index in [2.05, 4.69) is 33.6 Å². The number of fused-ring (bicyclic) bond motifs is 1. The fraction of sp³-hybridized carbons (Fsp3) is 0.250. The molecular formula is C16H19N3O2S. The van der Waals surface area contributed by atoms with E-state index < -0.39 is 10.0 Å². The maximum absolute atomic E-state index is 11.2. The van der Waals surface area contributed by atoms with Crippen LogP contribution < -0.4 is 15.4 Å². The Morgan fingerprint density at radius 3 is 2.55 bits per heavy atom. The zero-order valence-electron chi connectivity index (χ0n) is 12.4. The van der Waals surface area contributed by atoms with Crippen LogP contribution in [0.5, 0.6) is 0 Å². The van der Waals surface area contributed by atoms with E-state index in [1.165, 1.54) is 16.8 Å². The molecule has 1 aliphatic heterocycles. The molecule has 0 aliphatic carbocycles. The Kier molecular flexibility index (Phi) is 3.94. The fourth-order valence-electron chi connectivity index (χ4n) is 2.63. The molecule has 0 spiro atoms. The molecule has 0 saturated carbocycles. The molecule has 22 heavy (non-hydrogen) atoms. The van der Waals surface area contributed by atoms with Gasteiger partial charge in [0, 0.05) is 30.2 Å². The summed E-state index contributed by atoms with van der Waals surface area (Å²) in [6.07, 6.45) is 2.22. The molecule has 2 aromatic rings. The number of para-hydroxylation sites is 1. The van der Waals surface area contributed by atoms with E-state index in [0.29, 0.717) is 5.69 Å².